The summed E-state index contributed by atoms with van der Waals surface area (Å²) in [6.45, 7) is 3.29. The van der Waals surface area contributed by atoms with E-state index in [2.05, 4.69) is 0 Å². The van der Waals surface area contributed by atoms with Crippen molar-refractivity contribution in [1.82, 2.24) is 0 Å². The van der Waals surface area contributed by atoms with Gasteiger partial charge in [0.2, 0.25) is 0 Å². The quantitative estimate of drug-likeness (QED) is 0.795. The molecule has 2 unspecified atom stereocenters. The summed E-state index contributed by atoms with van der Waals surface area (Å²) in [4.78, 5) is 11.1. The highest BCUT2D eigenvalue weighted by molar-refractivity contribution is 5.36. The fourth-order valence-corrected chi connectivity index (χ4v) is 1.53. The third-order valence-electron chi connectivity index (χ3n) is 2.45. The highest BCUT2D eigenvalue weighted by Crippen LogP contribution is 2.29. The van der Waals surface area contributed by atoms with E-state index < -0.39 is 17.8 Å². The first-order chi connectivity index (χ1) is 7.51. The summed E-state index contributed by atoms with van der Waals surface area (Å²) < 4.78 is 9.85. The standard InChI is InChI=1S/C11H16O5/c1-4-7(12)11(14)10-6(2)16-9(13)5-8(10)15-3/h5,7,11-12,14H,4H2,1-3H3. The van der Waals surface area contributed by atoms with E-state index in [-0.39, 0.29) is 11.5 Å². The topological polar surface area (TPSA) is 79.9 Å². The van der Waals surface area contributed by atoms with E-state index in [4.69, 9.17) is 9.15 Å². The number of aliphatic hydroxyl groups excluding tert-OH is 2. The third-order valence-corrected chi connectivity index (χ3v) is 2.45. The fourth-order valence-electron chi connectivity index (χ4n) is 1.53. The van der Waals surface area contributed by atoms with Crippen molar-refractivity contribution in [1.29, 1.82) is 0 Å². The van der Waals surface area contributed by atoms with Gasteiger partial charge in [-0.25, -0.2) is 4.79 Å². The second kappa shape index (κ2) is 5.14. The number of hydrogen-bond acceptors (Lipinski definition) is 5. The number of aryl methyl sites for hydroxylation is 1. The van der Waals surface area contributed by atoms with Crippen LogP contribution in [-0.4, -0.2) is 23.4 Å². The summed E-state index contributed by atoms with van der Waals surface area (Å²) in [5.41, 5.74) is -0.229. The second-order valence-electron chi connectivity index (χ2n) is 3.52. The zero-order chi connectivity index (χ0) is 12.3. The lowest BCUT2D eigenvalue weighted by molar-refractivity contribution is 0.0132. The van der Waals surface area contributed by atoms with Gasteiger partial charge < -0.3 is 19.4 Å². The minimum Gasteiger partial charge on any atom is -0.496 e. The van der Waals surface area contributed by atoms with E-state index in [9.17, 15) is 15.0 Å². The molecular formula is C11H16O5. The number of rotatable bonds is 4. The molecule has 0 aromatic carbocycles. The van der Waals surface area contributed by atoms with Gasteiger partial charge in [-0.05, 0) is 13.3 Å². The average molecular weight is 228 g/mol. The minimum atomic E-state index is -1.12. The van der Waals surface area contributed by atoms with Gasteiger partial charge in [-0.15, -0.1) is 0 Å². The highest BCUT2D eigenvalue weighted by Gasteiger charge is 2.24. The van der Waals surface area contributed by atoms with Gasteiger partial charge in [-0.3, -0.25) is 0 Å². The van der Waals surface area contributed by atoms with Gasteiger partial charge in [0.05, 0.1) is 24.8 Å². The maximum Gasteiger partial charge on any atom is 0.339 e. The van der Waals surface area contributed by atoms with E-state index in [0.29, 0.717) is 12.0 Å². The van der Waals surface area contributed by atoms with Crippen LogP contribution in [0.2, 0.25) is 0 Å². The molecule has 0 spiro atoms. The van der Waals surface area contributed by atoms with Crippen LogP contribution in [-0.2, 0) is 0 Å². The number of aliphatic hydroxyl groups is 2. The molecule has 1 aromatic heterocycles. The van der Waals surface area contributed by atoms with Crippen molar-refractivity contribution < 1.29 is 19.4 Å². The molecule has 90 valence electrons. The molecule has 0 saturated carbocycles. The van der Waals surface area contributed by atoms with Crippen LogP contribution in [0.25, 0.3) is 0 Å². The van der Waals surface area contributed by atoms with Crippen LogP contribution in [0.4, 0.5) is 0 Å². The molecule has 2 N–H and O–H groups in total. The molecule has 0 aliphatic heterocycles. The first-order valence-electron chi connectivity index (χ1n) is 5.06. The Balaban J connectivity index is 3.26. The molecule has 0 amide bonds. The predicted octanol–water partition coefficient (Wildman–Crippen LogP) is 0.761. The Morgan fingerprint density at radius 3 is 2.62 bits per heavy atom. The van der Waals surface area contributed by atoms with E-state index in [1.165, 1.54) is 7.11 Å². The third kappa shape index (κ3) is 2.43. The number of hydrogen-bond donors (Lipinski definition) is 2. The van der Waals surface area contributed by atoms with Crippen LogP contribution in [0.5, 0.6) is 5.75 Å². The Labute approximate surface area is 93.3 Å². The van der Waals surface area contributed by atoms with Gasteiger partial charge >= 0.3 is 5.63 Å². The lowest BCUT2D eigenvalue weighted by atomic mass is 10.0. The van der Waals surface area contributed by atoms with Crippen molar-refractivity contribution in [3.05, 3.63) is 27.8 Å². The number of ether oxygens (including phenoxy) is 1. The lowest BCUT2D eigenvalue weighted by Gasteiger charge is -2.19. The molecule has 0 fully saturated rings. The fraction of sp³-hybridized carbons (Fsp3) is 0.545. The average Bonchev–Trinajstić information content (AvgIpc) is 2.26. The van der Waals surface area contributed by atoms with Gasteiger partial charge in [0.25, 0.3) is 0 Å². The molecule has 1 aromatic rings. The summed E-state index contributed by atoms with van der Waals surface area (Å²) >= 11 is 0. The van der Waals surface area contributed by atoms with E-state index in [1.54, 1.807) is 13.8 Å². The Kier molecular flexibility index (Phi) is 4.09. The molecule has 5 nitrogen and oxygen atoms in total. The van der Waals surface area contributed by atoms with Crippen molar-refractivity contribution in [3.8, 4) is 5.75 Å². The van der Waals surface area contributed by atoms with Crippen molar-refractivity contribution >= 4 is 0 Å². The predicted molar refractivity (Wildman–Crippen MR) is 57.5 cm³/mol. The summed E-state index contributed by atoms with van der Waals surface area (Å²) in [6.07, 6.45) is -1.65. The van der Waals surface area contributed by atoms with Crippen LogP contribution in [0.1, 0.15) is 30.8 Å². The zero-order valence-electron chi connectivity index (χ0n) is 9.56. The Hall–Kier alpha value is -1.33. The monoisotopic (exact) mass is 228 g/mol. The van der Waals surface area contributed by atoms with E-state index in [0.717, 1.165) is 6.07 Å². The lowest BCUT2D eigenvalue weighted by Crippen LogP contribution is -2.20. The molecule has 2 atom stereocenters. The van der Waals surface area contributed by atoms with Crippen molar-refractivity contribution in [2.75, 3.05) is 7.11 Å². The summed E-state index contributed by atoms with van der Waals surface area (Å²) in [7, 11) is 1.39. The maximum absolute atomic E-state index is 11.1. The number of methoxy groups -OCH3 is 1. The summed E-state index contributed by atoms with van der Waals surface area (Å²) in [5, 5.41) is 19.4. The van der Waals surface area contributed by atoms with Crippen LogP contribution in [0, 0.1) is 6.92 Å². The van der Waals surface area contributed by atoms with E-state index in [1.807, 2.05) is 0 Å². The smallest absolute Gasteiger partial charge is 0.339 e. The Morgan fingerprint density at radius 2 is 2.12 bits per heavy atom. The van der Waals surface area contributed by atoms with Crippen molar-refractivity contribution in [2.24, 2.45) is 0 Å². The second-order valence-corrected chi connectivity index (χ2v) is 3.52. The van der Waals surface area contributed by atoms with Gasteiger partial charge in [0, 0.05) is 0 Å². The van der Waals surface area contributed by atoms with Crippen LogP contribution >= 0.6 is 0 Å². The van der Waals surface area contributed by atoms with Crippen LogP contribution in [0.15, 0.2) is 15.3 Å². The first-order valence-corrected chi connectivity index (χ1v) is 5.06. The zero-order valence-corrected chi connectivity index (χ0v) is 9.56. The molecule has 0 bridgehead atoms. The molecule has 0 radical (unpaired) electrons. The van der Waals surface area contributed by atoms with Gasteiger partial charge in [-0.2, -0.15) is 0 Å². The van der Waals surface area contributed by atoms with Crippen molar-refractivity contribution in [3.63, 3.8) is 0 Å². The van der Waals surface area contributed by atoms with Gasteiger partial charge in [0.15, 0.2) is 0 Å². The SMILES string of the molecule is CCC(O)C(O)c1c(OC)cc(=O)oc1C. The normalized spacial score (nSPS) is 14.6. The molecule has 1 rings (SSSR count). The molecule has 0 saturated heterocycles. The molecule has 16 heavy (non-hydrogen) atoms. The first kappa shape index (κ1) is 12.7. The van der Waals surface area contributed by atoms with Crippen LogP contribution < -0.4 is 10.4 Å². The molecular weight excluding hydrogens is 212 g/mol. The van der Waals surface area contributed by atoms with Crippen LogP contribution in [0.3, 0.4) is 0 Å². The molecule has 5 heteroatoms. The van der Waals surface area contributed by atoms with Crippen molar-refractivity contribution in [2.45, 2.75) is 32.5 Å². The Morgan fingerprint density at radius 1 is 1.50 bits per heavy atom. The Bertz CT molecular complexity index is 409. The molecule has 0 aliphatic carbocycles. The maximum atomic E-state index is 11.1. The minimum absolute atomic E-state index is 0.230. The largest absolute Gasteiger partial charge is 0.496 e. The molecule has 1 heterocycles. The van der Waals surface area contributed by atoms with Gasteiger partial charge in [-0.1, -0.05) is 6.92 Å². The van der Waals surface area contributed by atoms with E-state index >= 15 is 0 Å². The summed E-state index contributed by atoms with van der Waals surface area (Å²) in [6, 6.07) is 1.15. The highest BCUT2D eigenvalue weighted by atomic mass is 16.5. The van der Waals surface area contributed by atoms with Gasteiger partial charge in [0.1, 0.15) is 17.6 Å². The summed E-state index contributed by atoms with van der Waals surface area (Å²) in [5.74, 6) is 0.484. The molecule has 0 aliphatic rings.